The summed E-state index contributed by atoms with van der Waals surface area (Å²) in [6.07, 6.45) is 0. The van der Waals surface area contributed by atoms with Crippen molar-refractivity contribution in [3.8, 4) is 33.4 Å². The van der Waals surface area contributed by atoms with Crippen LogP contribution in [0.2, 0.25) is 0 Å². The topological polar surface area (TPSA) is 13.1 Å². The summed E-state index contributed by atoms with van der Waals surface area (Å²) < 4.78 is 141. The summed E-state index contributed by atoms with van der Waals surface area (Å²) in [4.78, 5) is 0. The molecule has 0 aliphatic carbocycles. The molecule has 0 aliphatic heterocycles. The van der Waals surface area contributed by atoms with E-state index in [1.807, 2.05) is 36.4 Å². The molecule has 10 rings (SSSR count). The van der Waals surface area contributed by atoms with Gasteiger partial charge in [-0.25, -0.2) is 0 Å². The van der Waals surface area contributed by atoms with Crippen LogP contribution in [0.15, 0.2) is 174 Å². The first-order valence-electron chi connectivity index (χ1n) is 22.5. The van der Waals surface area contributed by atoms with Crippen LogP contribution >= 0.6 is 0 Å². The Morgan fingerprint density at radius 1 is 0.404 bits per heavy atom. The minimum absolute atomic E-state index is 0.0179. The molecule has 0 amide bonds. The molecule has 1 heterocycles. The van der Waals surface area contributed by atoms with Crippen LogP contribution in [0.1, 0.15) is 20.6 Å². The SMILES string of the molecule is [2H]c1cc2c(-c3c([2H])c([2H])c4c([2H])c([2H])c([2H])c([2H])c4c3[2H])c3ccccc3c(-c3c([2H])c([2H])c4c([2H])c([2H])c([2H])c([2H])c4c3[2H])c2cc1-c1cccc2oc3ccccc3c12. The average Bonchev–Trinajstić information content (AvgIpc) is 3.65. The maximum atomic E-state index is 9.64. The van der Waals surface area contributed by atoms with Crippen molar-refractivity contribution in [3.63, 3.8) is 0 Å². The molecule has 0 fully saturated rings. The Morgan fingerprint density at radius 3 is 1.64 bits per heavy atom. The van der Waals surface area contributed by atoms with Gasteiger partial charge in [0.1, 0.15) is 11.2 Å². The van der Waals surface area contributed by atoms with Crippen LogP contribution < -0.4 is 0 Å². The van der Waals surface area contributed by atoms with E-state index in [1.165, 1.54) is 6.07 Å². The lowest BCUT2D eigenvalue weighted by molar-refractivity contribution is 0.669. The van der Waals surface area contributed by atoms with E-state index in [-0.39, 0.29) is 60.6 Å². The zero-order valence-electron chi connectivity index (χ0n) is 39.4. The molecule has 0 radical (unpaired) electrons. The maximum absolute atomic E-state index is 9.64. The highest BCUT2D eigenvalue weighted by molar-refractivity contribution is 6.23. The lowest BCUT2D eigenvalue weighted by atomic mass is 9.84. The van der Waals surface area contributed by atoms with E-state index in [4.69, 9.17) is 18.1 Å². The van der Waals surface area contributed by atoms with Crippen LogP contribution in [0, 0.1) is 0 Å². The first kappa shape index (κ1) is 15.4. The molecule has 1 nitrogen and oxygen atoms in total. The van der Waals surface area contributed by atoms with Gasteiger partial charge in [-0.2, -0.15) is 0 Å². The molecule has 9 aromatic carbocycles. The monoisotopic (exact) mass is 611 g/mol. The second kappa shape index (κ2) is 10.2. The zero-order valence-corrected chi connectivity index (χ0v) is 24.4. The van der Waals surface area contributed by atoms with Gasteiger partial charge in [0.05, 0.1) is 20.6 Å². The number of fused-ring (bicyclic) bond motifs is 7. The molecular formula is C46H28O. The fourth-order valence-corrected chi connectivity index (χ4v) is 6.62. The average molecular weight is 612 g/mol. The molecule has 0 aliphatic rings. The minimum Gasteiger partial charge on any atom is -0.456 e. The lowest BCUT2D eigenvalue weighted by Gasteiger charge is -2.19. The second-order valence-corrected chi connectivity index (χ2v) is 11.2. The molecule has 0 N–H and O–H groups in total. The van der Waals surface area contributed by atoms with E-state index in [9.17, 15) is 6.85 Å². The van der Waals surface area contributed by atoms with Gasteiger partial charge < -0.3 is 4.42 Å². The van der Waals surface area contributed by atoms with E-state index < -0.39 is 84.6 Å². The summed E-state index contributed by atoms with van der Waals surface area (Å²) >= 11 is 0. The standard InChI is InChI=1S/C46H28O/c1-3-12-31-26-34(22-20-29(31)10-1)44-37-14-5-6-15-38(37)45(35-23-21-30-11-2-4-13-32(30)27-35)41-28-33(24-25-39(41)44)36-17-9-19-43-46(36)40-16-7-8-18-42(40)47-43/h1-28H/i1D,2D,3D,4D,10D,11D,12D,13D,20D,21D,22D,23D,24D,26D,27D. The van der Waals surface area contributed by atoms with Crippen LogP contribution in [0.5, 0.6) is 0 Å². The highest BCUT2D eigenvalue weighted by Gasteiger charge is 2.19. The maximum Gasteiger partial charge on any atom is 0.136 e. The summed E-state index contributed by atoms with van der Waals surface area (Å²) in [7, 11) is 0. The van der Waals surface area contributed by atoms with Gasteiger partial charge in [-0.15, -0.1) is 0 Å². The molecule has 218 valence electrons. The molecule has 0 saturated heterocycles. The molecule has 0 unspecified atom stereocenters. The van der Waals surface area contributed by atoms with E-state index in [1.54, 1.807) is 36.4 Å². The predicted octanol–water partition coefficient (Wildman–Crippen LogP) is 13.2. The third-order valence-corrected chi connectivity index (χ3v) is 8.65. The number of rotatable bonds is 3. The van der Waals surface area contributed by atoms with Gasteiger partial charge in [-0.3, -0.25) is 0 Å². The highest BCUT2D eigenvalue weighted by atomic mass is 16.3. The van der Waals surface area contributed by atoms with Crippen molar-refractivity contribution in [2.45, 2.75) is 0 Å². The van der Waals surface area contributed by atoms with Crippen molar-refractivity contribution >= 4 is 65.0 Å². The van der Waals surface area contributed by atoms with E-state index in [0.717, 1.165) is 5.39 Å². The first-order chi connectivity index (χ1) is 29.6. The molecule has 0 bridgehead atoms. The largest absolute Gasteiger partial charge is 0.456 e. The third kappa shape index (κ3) is 4.03. The van der Waals surface area contributed by atoms with Crippen LogP contribution in [0.3, 0.4) is 0 Å². The normalized spacial score (nSPS) is 16.3. The number of furan rings is 1. The first-order valence-corrected chi connectivity index (χ1v) is 15.0. The molecular weight excluding hydrogens is 569 g/mol. The van der Waals surface area contributed by atoms with E-state index in [2.05, 4.69) is 0 Å². The fraction of sp³-hybridized carbons (Fsp3) is 0. The van der Waals surface area contributed by atoms with Crippen molar-refractivity contribution in [2.75, 3.05) is 0 Å². The Balaban J connectivity index is 1.46. The van der Waals surface area contributed by atoms with Crippen LogP contribution in [0.4, 0.5) is 0 Å². The smallest absolute Gasteiger partial charge is 0.136 e. The van der Waals surface area contributed by atoms with Crippen molar-refractivity contribution < 1.29 is 25.0 Å². The van der Waals surface area contributed by atoms with Crippen molar-refractivity contribution in [1.29, 1.82) is 0 Å². The van der Waals surface area contributed by atoms with Gasteiger partial charge in [-0.1, -0.05) is 139 Å². The molecule has 0 atom stereocenters. The van der Waals surface area contributed by atoms with Gasteiger partial charge in [0, 0.05) is 10.8 Å². The van der Waals surface area contributed by atoms with Crippen LogP contribution in [-0.4, -0.2) is 0 Å². The molecule has 10 aromatic rings. The Hall–Kier alpha value is -6.18. The molecule has 1 heteroatoms. The predicted molar refractivity (Wildman–Crippen MR) is 200 cm³/mol. The number of hydrogen-bond acceptors (Lipinski definition) is 1. The Kier molecular flexibility index (Phi) is 3.33. The fourth-order valence-electron chi connectivity index (χ4n) is 6.62. The van der Waals surface area contributed by atoms with E-state index >= 15 is 0 Å². The quantitative estimate of drug-likeness (QED) is 0.181. The van der Waals surface area contributed by atoms with E-state index in [0.29, 0.717) is 38.5 Å². The summed E-state index contributed by atoms with van der Waals surface area (Å²) in [6, 6.07) is 15.1. The van der Waals surface area contributed by atoms with Gasteiger partial charge in [0.25, 0.3) is 0 Å². The second-order valence-electron chi connectivity index (χ2n) is 11.2. The van der Waals surface area contributed by atoms with Crippen LogP contribution in [-0.2, 0) is 0 Å². The highest BCUT2D eigenvalue weighted by Crippen LogP contribution is 2.46. The van der Waals surface area contributed by atoms with Crippen molar-refractivity contribution in [2.24, 2.45) is 0 Å². The van der Waals surface area contributed by atoms with Gasteiger partial charge in [0.15, 0.2) is 0 Å². The van der Waals surface area contributed by atoms with Crippen LogP contribution in [0.25, 0.3) is 98.4 Å². The summed E-state index contributed by atoms with van der Waals surface area (Å²) in [6.45, 7) is 0. The van der Waals surface area contributed by atoms with Gasteiger partial charge in [0.2, 0.25) is 0 Å². The number of para-hydroxylation sites is 1. The summed E-state index contributed by atoms with van der Waals surface area (Å²) in [5.74, 6) is 0. The van der Waals surface area contributed by atoms with Crippen molar-refractivity contribution in [3.05, 3.63) is 169 Å². The van der Waals surface area contributed by atoms with Gasteiger partial charge >= 0.3 is 0 Å². The Morgan fingerprint density at radius 2 is 0.957 bits per heavy atom. The number of hydrogen-bond donors (Lipinski definition) is 0. The van der Waals surface area contributed by atoms with Gasteiger partial charge in [-0.05, 0) is 107 Å². The Bertz CT molecular complexity index is 3710. The number of benzene rings is 9. The molecule has 0 spiro atoms. The lowest BCUT2D eigenvalue weighted by Crippen LogP contribution is -1.92. The zero-order chi connectivity index (χ0) is 44.0. The summed E-state index contributed by atoms with van der Waals surface area (Å²) in [5, 5.41) is 1.56. The summed E-state index contributed by atoms with van der Waals surface area (Å²) in [5.41, 5.74) is 2.24. The van der Waals surface area contributed by atoms with Crippen molar-refractivity contribution in [1.82, 2.24) is 0 Å². The minimum atomic E-state index is -0.616. The third-order valence-electron chi connectivity index (χ3n) is 8.65. The molecule has 0 saturated carbocycles. The Labute approximate surface area is 293 Å². The molecule has 47 heavy (non-hydrogen) atoms. The molecule has 1 aromatic heterocycles.